The summed E-state index contributed by atoms with van der Waals surface area (Å²) in [6.45, 7) is 1.53. The Hall–Kier alpha value is -2.86. The third-order valence-electron chi connectivity index (χ3n) is 5.40. The number of hydrogen-bond acceptors (Lipinski definition) is 3. The standard InChI is InChI=1S/C20H22N4O2/c1-24(19(25)26)20(10-12-21-13-11-20)18-22-16-9-5-8-15(17(16)23-18)14-6-3-2-4-7-14/h2-9,21H,10-13H2,1H3,(H,22,23)(H,25,26). The molecule has 0 spiro atoms. The third kappa shape index (κ3) is 2.63. The van der Waals surface area contributed by atoms with Crippen LogP contribution in [0.1, 0.15) is 18.7 Å². The fourth-order valence-electron chi connectivity index (χ4n) is 3.86. The Bertz CT molecular complexity index is 929. The van der Waals surface area contributed by atoms with Gasteiger partial charge < -0.3 is 15.4 Å². The van der Waals surface area contributed by atoms with E-state index >= 15 is 0 Å². The maximum absolute atomic E-state index is 11.7. The van der Waals surface area contributed by atoms with Gasteiger partial charge in [0, 0.05) is 12.6 Å². The normalized spacial score (nSPS) is 16.5. The first kappa shape index (κ1) is 16.6. The van der Waals surface area contributed by atoms with Crippen molar-refractivity contribution in [2.75, 3.05) is 20.1 Å². The molecule has 0 saturated carbocycles. The van der Waals surface area contributed by atoms with Crippen molar-refractivity contribution in [1.29, 1.82) is 0 Å². The molecule has 1 aliphatic rings. The number of carbonyl (C=O) groups is 1. The molecule has 1 fully saturated rings. The minimum atomic E-state index is -0.935. The summed E-state index contributed by atoms with van der Waals surface area (Å²) < 4.78 is 0. The number of carboxylic acid groups (broad SMARTS) is 1. The SMILES string of the molecule is CN(C(=O)O)C1(c2nc3c(-c4ccccc4)cccc3[nH]2)CCNCC1. The van der Waals surface area contributed by atoms with E-state index in [1.165, 1.54) is 4.90 Å². The lowest BCUT2D eigenvalue weighted by atomic mass is 9.86. The van der Waals surface area contributed by atoms with Crippen molar-refractivity contribution in [3.63, 3.8) is 0 Å². The smallest absolute Gasteiger partial charge is 0.407 e. The Kier molecular flexibility index (Phi) is 4.12. The summed E-state index contributed by atoms with van der Waals surface area (Å²) in [5.41, 5.74) is 3.32. The number of fused-ring (bicyclic) bond motifs is 1. The first-order valence-corrected chi connectivity index (χ1v) is 8.84. The summed E-state index contributed by atoms with van der Waals surface area (Å²) in [4.78, 5) is 21.5. The first-order chi connectivity index (χ1) is 12.6. The van der Waals surface area contributed by atoms with Gasteiger partial charge in [-0.25, -0.2) is 9.78 Å². The molecule has 0 unspecified atom stereocenters. The average Bonchev–Trinajstić information content (AvgIpc) is 3.13. The monoisotopic (exact) mass is 350 g/mol. The second-order valence-electron chi connectivity index (χ2n) is 6.78. The Labute approximate surface area is 151 Å². The fourth-order valence-corrected chi connectivity index (χ4v) is 3.86. The van der Waals surface area contributed by atoms with E-state index in [0.717, 1.165) is 41.1 Å². The number of para-hydroxylation sites is 1. The van der Waals surface area contributed by atoms with E-state index in [9.17, 15) is 9.90 Å². The van der Waals surface area contributed by atoms with Crippen LogP contribution < -0.4 is 5.32 Å². The maximum Gasteiger partial charge on any atom is 0.407 e. The van der Waals surface area contributed by atoms with E-state index < -0.39 is 11.6 Å². The van der Waals surface area contributed by atoms with E-state index in [4.69, 9.17) is 4.98 Å². The van der Waals surface area contributed by atoms with Crippen LogP contribution in [-0.4, -0.2) is 46.2 Å². The van der Waals surface area contributed by atoms with Gasteiger partial charge in [0.2, 0.25) is 0 Å². The zero-order chi connectivity index (χ0) is 18.1. The molecule has 1 saturated heterocycles. The molecule has 0 atom stereocenters. The lowest BCUT2D eigenvalue weighted by Crippen LogP contribution is -2.53. The highest BCUT2D eigenvalue weighted by atomic mass is 16.4. The van der Waals surface area contributed by atoms with Gasteiger partial charge in [-0.3, -0.25) is 4.90 Å². The molecule has 26 heavy (non-hydrogen) atoms. The van der Waals surface area contributed by atoms with Crippen molar-refractivity contribution >= 4 is 17.1 Å². The van der Waals surface area contributed by atoms with E-state index in [-0.39, 0.29) is 0 Å². The van der Waals surface area contributed by atoms with Crippen molar-refractivity contribution in [2.45, 2.75) is 18.4 Å². The first-order valence-electron chi connectivity index (χ1n) is 8.84. The second kappa shape index (κ2) is 6.46. The third-order valence-corrected chi connectivity index (χ3v) is 5.40. The van der Waals surface area contributed by atoms with Crippen molar-refractivity contribution in [2.24, 2.45) is 0 Å². The Morgan fingerprint density at radius 2 is 1.85 bits per heavy atom. The van der Waals surface area contributed by atoms with Crippen LogP contribution >= 0.6 is 0 Å². The second-order valence-corrected chi connectivity index (χ2v) is 6.78. The number of H-pyrrole nitrogens is 1. The van der Waals surface area contributed by atoms with Crippen molar-refractivity contribution in [3.8, 4) is 11.1 Å². The van der Waals surface area contributed by atoms with Crippen molar-refractivity contribution < 1.29 is 9.90 Å². The molecule has 6 heteroatoms. The van der Waals surface area contributed by atoms with E-state index in [1.807, 2.05) is 30.3 Å². The number of aromatic nitrogens is 2. The number of rotatable bonds is 3. The van der Waals surface area contributed by atoms with Crippen LogP contribution in [0.3, 0.4) is 0 Å². The summed E-state index contributed by atoms with van der Waals surface area (Å²) in [6, 6.07) is 16.2. The Balaban J connectivity index is 1.87. The predicted octanol–water partition coefficient (Wildman–Crippen LogP) is 3.42. The molecule has 1 aromatic heterocycles. The quantitative estimate of drug-likeness (QED) is 0.676. The van der Waals surface area contributed by atoms with Gasteiger partial charge in [-0.15, -0.1) is 0 Å². The fraction of sp³-hybridized carbons (Fsp3) is 0.300. The number of hydrogen-bond donors (Lipinski definition) is 3. The minimum absolute atomic E-state index is 0.635. The molecule has 3 N–H and O–H groups in total. The minimum Gasteiger partial charge on any atom is -0.465 e. The zero-order valence-electron chi connectivity index (χ0n) is 14.7. The lowest BCUT2D eigenvalue weighted by molar-refractivity contribution is 0.0651. The number of aromatic amines is 1. The number of benzene rings is 2. The topological polar surface area (TPSA) is 81.2 Å². The number of nitrogens with zero attached hydrogens (tertiary/aromatic N) is 2. The molecule has 3 aromatic rings. The molecular weight excluding hydrogens is 328 g/mol. The number of amides is 1. The highest BCUT2D eigenvalue weighted by Gasteiger charge is 2.43. The van der Waals surface area contributed by atoms with Gasteiger partial charge in [0.25, 0.3) is 0 Å². The van der Waals surface area contributed by atoms with Crippen LogP contribution in [0.15, 0.2) is 48.5 Å². The molecule has 1 amide bonds. The lowest BCUT2D eigenvalue weighted by Gasteiger charge is -2.41. The molecule has 1 aliphatic heterocycles. The summed E-state index contributed by atoms with van der Waals surface area (Å²) in [6.07, 6.45) is 0.447. The van der Waals surface area contributed by atoms with Crippen LogP contribution in [-0.2, 0) is 5.54 Å². The number of imidazole rings is 1. The van der Waals surface area contributed by atoms with Crippen LogP contribution in [0, 0.1) is 0 Å². The molecule has 6 nitrogen and oxygen atoms in total. The highest BCUT2D eigenvalue weighted by molar-refractivity contribution is 5.92. The molecular formula is C20H22N4O2. The van der Waals surface area contributed by atoms with Gasteiger partial charge in [-0.05, 0) is 37.6 Å². The molecule has 0 radical (unpaired) electrons. The molecule has 2 heterocycles. The summed E-state index contributed by atoms with van der Waals surface area (Å²) in [7, 11) is 1.64. The van der Waals surface area contributed by atoms with E-state index in [0.29, 0.717) is 12.8 Å². The van der Waals surface area contributed by atoms with Crippen LogP contribution in [0.2, 0.25) is 0 Å². The molecule has 0 aliphatic carbocycles. The Morgan fingerprint density at radius 1 is 1.12 bits per heavy atom. The van der Waals surface area contributed by atoms with E-state index in [2.05, 4.69) is 28.5 Å². The Morgan fingerprint density at radius 3 is 2.54 bits per heavy atom. The number of piperidine rings is 1. The molecule has 0 bridgehead atoms. The average molecular weight is 350 g/mol. The maximum atomic E-state index is 11.7. The highest BCUT2D eigenvalue weighted by Crippen LogP contribution is 2.37. The zero-order valence-corrected chi connectivity index (χ0v) is 14.7. The summed E-state index contributed by atoms with van der Waals surface area (Å²) in [5.74, 6) is 0.724. The van der Waals surface area contributed by atoms with Crippen LogP contribution in [0.5, 0.6) is 0 Å². The molecule has 134 valence electrons. The van der Waals surface area contributed by atoms with Gasteiger partial charge in [0.1, 0.15) is 11.4 Å². The van der Waals surface area contributed by atoms with Crippen LogP contribution in [0.4, 0.5) is 4.79 Å². The van der Waals surface area contributed by atoms with Gasteiger partial charge in [-0.2, -0.15) is 0 Å². The molecule has 4 rings (SSSR count). The van der Waals surface area contributed by atoms with Crippen molar-refractivity contribution in [1.82, 2.24) is 20.2 Å². The predicted molar refractivity (Wildman–Crippen MR) is 101 cm³/mol. The summed E-state index contributed by atoms with van der Waals surface area (Å²) in [5, 5.41) is 12.9. The van der Waals surface area contributed by atoms with Gasteiger partial charge in [0.15, 0.2) is 0 Å². The van der Waals surface area contributed by atoms with Crippen molar-refractivity contribution in [3.05, 3.63) is 54.4 Å². The number of nitrogens with one attached hydrogen (secondary N) is 2. The molecule has 2 aromatic carbocycles. The van der Waals surface area contributed by atoms with Gasteiger partial charge in [-0.1, -0.05) is 42.5 Å². The van der Waals surface area contributed by atoms with Gasteiger partial charge in [0.05, 0.1) is 11.0 Å². The van der Waals surface area contributed by atoms with E-state index in [1.54, 1.807) is 7.05 Å². The van der Waals surface area contributed by atoms with Crippen LogP contribution in [0.25, 0.3) is 22.2 Å². The van der Waals surface area contributed by atoms with Gasteiger partial charge >= 0.3 is 6.09 Å². The summed E-state index contributed by atoms with van der Waals surface area (Å²) >= 11 is 0. The largest absolute Gasteiger partial charge is 0.465 e.